The molecule has 0 aliphatic heterocycles. The summed E-state index contributed by atoms with van der Waals surface area (Å²) in [4.78, 5) is 14.2. The van der Waals surface area contributed by atoms with Crippen LogP contribution < -0.4 is 10.5 Å². The lowest BCUT2D eigenvalue weighted by Crippen LogP contribution is -2.40. The molecule has 0 saturated carbocycles. The highest BCUT2D eigenvalue weighted by molar-refractivity contribution is 5.82. The first-order valence-corrected chi connectivity index (χ1v) is 6.87. The average Bonchev–Trinajstić information content (AvgIpc) is 2.47. The van der Waals surface area contributed by atoms with E-state index < -0.39 is 0 Å². The molecule has 0 spiro atoms. The van der Waals surface area contributed by atoms with Crippen molar-refractivity contribution in [1.29, 1.82) is 0 Å². The number of amidine groups is 1. The summed E-state index contributed by atoms with van der Waals surface area (Å²) in [5.41, 5.74) is 6.31. The molecule has 0 saturated heterocycles. The number of hydrogen-bond donors (Lipinski definition) is 2. The van der Waals surface area contributed by atoms with Crippen LogP contribution in [0.2, 0.25) is 0 Å². The third kappa shape index (κ3) is 4.98. The van der Waals surface area contributed by atoms with E-state index in [1.54, 1.807) is 12.0 Å². The highest BCUT2D eigenvalue weighted by atomic mass is 16.5. The first-order chi connectivity index (χ1) is 9.99. The predicted molar refractivity (Wildman–Crippen MR) is 81.6 cm³/mol. The number of oxime groups is 1. The maximum absolute atomic E-state index is 12.5. The fraction of sp³-hybridized carbons (Fsp3) is 0.467. The molecule has 6 nitrogen and oxygen atoms in total. The zero-order chi connectivity index (χ0) is 15.8. The van der Waals surface area contributed by atoms with Crippen molar-refractivity contribution in [2.75, 3.05) is 13.7 Å². The first-order valence-electron chi connectivity index (χ1n) is 6.87. The Bertz CT molecular complexity index is 501. The molecular weight excluding hydrogens is 270 g/mol. The minimum Gasteiger partial charge on any atom is -0.496 e. The highest BCUT2D eigenvalue weighted by Gasteiger charge is 2.18. The minimum atomic E-state index is -0.0137. The number of ether oxygens (including phenoxy) is 1. The van der Waals surface area contributed by atoms with Crippen LogP contribution in [0, 0.1) is 0 Å². The zero-order valence-corrected chi connectivity index (χ0v) is 12.7. The van der Waals surface area contributed by atoms with Crippen molar-refractivity contribution in [3.63, 3.8) is 0 Å². The molecule has 21 heavy (non-hydrogen) atoms. The van der Waals surface area contributed by atoms with E-state index in [-0.39, 0.29) is 24.2 Å². The molecular formula is C15H23N3O3. The number of para-hydroxylation sites is 1. The molecule has 1 rings (SSSR count). The first kappa shape index (κ1) is 16.8. The average molecular weight is 293 g/mol. The van der Waals surface area contributed by atoms with Crippen LogP contribution in [0.1, 0.15) is 25.8 Å². The Hall–Kier alpha value is -2.24. The monoisotopic (exact) mass is 293 g/mol. The molecule has 0 heterocycles. The molecule has 0 aliphatic rings. The van der Waals surface area contributed by atoms with Gasteiger partial charge in [0.05, 0.1) is 13.5 Å². The Morgan fingerprint density at radius 2 is 2.10 bits per heavy atom. The molecule has 0 aliphatic carbocycles. The van der Waals surface area contributed by atoms with E-state index in [0.29, 0.717) is 18.7 Å². The van der Waals surface area contributed by atoms with E-state index in [9.17, 15) is 4.79 Å². The lowest BCUT2D eigenvalue weighted by molar-refractivity contribution is -0.132. The summed E-state index contributed by atoms with van der Waals surface area (Å²) in [7, 11) is 1.59. The third-order valence-corrected chi connectivity index (χ3v) is 3.22. The van der Waals surface area contributed by atoms with Gasteiger partial charge in [0, 0.05) is 24.6 Å². The molecule has 0 fully saturated rings. The van der Waals surface area contributed by atoms with Gasteiger partial charge in [-0.25, -0.2) is 0 Å². The molecule has 0 bridgehead atoms. The number of benzene rings is 1. The number of methoxy groups -OCH3 is 1. The fourth-order valence-corrected chi connectivity index (χ4v) is 2.07. The topological polar surface area (TPSA) is 88.2 Å². The predicted octanol–water partition coefficient (Wildman–Crippen LogP) is 1.61. The molecule has 116 valence electrons. The molecule has 6 heteroatoms. The maximum atomic E-state index is 12.5. The summed E-state index contributed by atoms with van der Waals surface area (Å²) in [6.07, 6.45) is 0.602. The van der Waals surface area contributed by atoms with Crippen LogP contribution in [0.5, 0.6) is 5.75 Å². The molecule has 0 unspecified atom stereocenters. The number of amides is 1. The van der Waals surface area contributed by atoms with Gasteiger partial charge in [0.15, 0.2) is 0 Å². The normalized spacial score (nSPS) is 11.5. The van der Waals surface area contributed by atoms with Crippen molar-refractivity contribution in [1.82, 2.24) is 4.90 Å². The Labute approximate surface area is 125 Å². The van der Waals surface area contributed by atoms with Gasteiger partial charge in [-0.05, 0) is 19.9 Å². The minimum absolute atomic E-state index is 0.0137. The number of nitrogens with two attached hydrogens (primary N) is 1. The lowest BCUT2D eigenvalue weighted by atomic mass is 10.1. The number of rotatable bonds is 7. The second-order valence-corrected chi connectivity index (χ2v) is 5.01. The Morgan fingerprint density at radius 1 is 1.43 bits per heavy atom. The van der Waals surface area contributed by atoms with Crippen LogP contribution in [0.3, 0.4) is 0 Å². The molecule has 0 atom stereocenters. The smallest absolute Gasteiger partial charge is 0.227 e. The van der Waals surface area contributed by atoms with Crippen molar-refractivity contribution in [3.05, 3.63) is 29.8 Å². The van der Waals surface area contributed by atoms with Crippen LogP contribution in [-0.4, -0.2) is 41.5 Å². The van der Waals surface area contributed by atoms with Crippen molar-refractivity contribution in [3.8, 4) is 5.75 Å². The van der Waals surface area contributed by atoms with Gasteiger partial charge in [-0.15, -0.1) is 0 Å². The second-order valence-electron chi connectivity index (χ2n) is 5.01. The van der Waals surface area contributed by atoms with Gasteiger partial charge in [0.1, 0.15) is 11.6 Å². The lowest BCUT2D eigenvalue weighted by Gasteiger charge is -2.27. The van der Waals surface area contributed by atoms with Gasteiger partial charge >= 0.3 is 0 Å². The van der Waals surface area contributed by atoms with Gasteiger partial charge in [-0.2, -0.15) is 0 Å². The maximum Gasteiger partial charge on any atom is 0.227 e. The van der Waals surface area contributed by atoms with E-state index in [1.165, 1.54) is 0 Å². The van der Waals surface area contributed by atoms with Crippen LogP contribution in [-0.2, 0) is 11.2 Å². The summed E-state index contributed by atoms with van der Waals surface area (Å²) in [5, 5.41) is 11.5. The summed E-state index contributed by atoms with van der Waals surface area (Å²) < 4.78 is 5.26. The molecule has 1 amide bonds. The van der Waals surface area contributed by atoms with Crippen LogP contribution in [0.25, 0.3) is 0 Å². The van der Waals surface area contributed by atoms with E-state index in [0.717, 1.165) is 5.56 Å². The summed E-state index contributed by atoms with van der Waals surface area (Å²) in [6, 6.07) is 7.49. The standard InChI is InChI=1S/C15H23N3O3/c1-11(2)18(9-8-14(16)17-20)15(19)10-12-6-4-5-7-13(12)21-3/h4-7,11,20H,8-10H2,1-3H3,(H2,16,17). The Morgan fingerprint density at radius 3 is 2.67 bits per heavy atom. The summed E-state index contributed by atoms with van der Waals surface area (Å²) in [6.45, 7) is 4.29. The van der Waals surface area contributed by atoms with Crippen LogP contribution >= 0.6 is 0 Å². The fourth-order valence-electron chi connectivity index (χ4n) is 2.07. The van der Waals surface area contributed by atoms with E-state index in [1.807, 2.05) is 38.1 Å². The van der Waals surface area contributed by atoms with Gasteiger partial charge in [0.25, 0.3) is 0 Å². The summed E-state index contributed by atoms with van der Waals surface area (Å²) in [5.74, 6) is 0.803. The molecule has 0 aromatic heterocycles. The molecule has 1 aromatic carbocycles. The molecule has 3 N–H and O–H groups in total. The SMILES string of the molecule is COc1ccccc1CC(=O)N(CCC(N)=NO)C(C)C. The van der Waals surface area contributed by atoms with Crippen molar-refractivity contribution in [2.24, 2.45) is 10.9 Å². The van der Waals surface area contributed by atoms with E-state index in [4.69, 9.17) is 15.7 Å². The van der Waals surface area contributed by atoms with E-state index >= 15 is 0 Å². The number of hydrogen-bond acceptors (Lipinski definition) is 4. The highest BCUT2D eigenvalue weighted by Crippen LogP contribution is 2.19. The van der Waals surface area contributed by atoms with E-state index in [2.05, 4.69) is 5.16 Å². The summed E-state index contributed by atoms with van der Waals surface area (Å²) >= 11 is 0. The largest absolute Gasteiger partial charge is 0.496 e. The molecule has 1 aromatic rings. The Kier molecular flexibility index (Phi) is 6.52. The van der Waals surface area contributed by atoms with Gasteiger partial charge < -0.3 is 20.6 Å². The van der Waals surface area contributed by atoms with Crippen LogP contribution in [0.4, 0.5) is 0 Å². The van der Waals surface area contributed by atoms with Crippen molar-refractivity contribution in [2.45, 2.75) is 32.7 Å². The quantitative estimate of drug-likeness (QED) is 0.346. The number of nitrogens with zero attached hydrogens (tertiary/aromatic N) is 2. The van der Waals surface area contributed by atoms with Crippen molar-refractivity contribution < 1.29 is 14.7 Å². The zero-order valence-electron chi connectivity index (χ0n) is 12.7. The number of carbonyl (C=O) groups is 1. The Balaban J connectivity index is 2.77. The second kappa shape index (κ2) is 8.14. The van der Waals surface area contributed by atoms with Gasteiger partial charge in [-0.3, -0.25) is 4.79 Å². The third-order valence-electron chi connectivity index (χ3n) is 3.22. The molecule has 0 radical (unpaired) electrons. The van der Waals surface area contributed by atoms with Crippen molar-refractivity contribution >= 4 is 11.7 Å². The van der Waals surface area contributed by atoms with Gasteiger partial charge in [0.2, 0.25) is 5.91 Å². The van der Waals surface area contributed by atoms with Crippen LogP contribution in [0.15, 0.2) is 29.4 Å². The number of carbonyl (C=O) groups excluding carboxylic acids is 1. The van der Waals surface area contributed by atoms with Gasteiger partial charge in [-0.1, -0.05) is 23.4 Å².